The second-order valence-electron chi connectivity index (χ2n) is 4.75. The molecule has 2 rings (SSSR count). The quantitative estimate of drug-likeness (QED) is 0.768. The van der Waals surface area contributed by atoms with Crippen LogP contribution < -0.4 is 0 Å². The van der Waals surface area contributed by atoms with Crippen LogP contribution in [0.3, 0.4) is 0 Å². The molecule has 0 saturated carbocycles. The van der Waals surface area contributed by atoms with Gasteiger partial charge in [-0.25, -0.2) is 0 Å². The lowest BCUT2D eigenvalue weighted by Gasteiger charge is -2.12. The van der Waals surface area contributed by atoms with Crippen LogP contribution in [-0.2, 0) is 6.42 Å². The molecular weight excluding hydrogens is 222 g/mol. The van der Waals surface area contributed by atoms with Gasteiger partial charge >= 0.3 is 0 Å². The first-order chi connectivity index (χ1) is 8.61. The molecule has 0 fully saturated rings. The lowest BCUT2D eigenvalue weighted by molar-refractivity contribution is 0.112. The van der Waals surface area contributed by atoms with Crippen LogP contribution in [0.5, 0.6) is 0 Å². The van der Waals surface area contributed by atoms with E-state index < -0.39 is 0 Å². The Hall–Kier alpha value is -1.96. The summed E-state index contributed by atoms with van der Waals surface area (Å²) in [6.07, 6.45) is 5.03. The summed E-state index contributed by atoms with van der Waals surface area (Å²) in [5.41, 5.74) is 6.85. The summed E-state index contributed by atoms with van der Waals surface area (Å²) in [5, 5.41) is 0. The molecule has 0 unspecified atom stereocenters. The van der Waals surface area contributed by atoms with E-state index in [1.807, 2.05) is 6.07 Å². The highest BCUT2D eigenvalue weighted by Gasteiger charge is 2.08. The number of rotatable bonds is 3. The van der Waals surface area contributed by atoms with E-state index in [9.17, 15) is 4.79 Å². The Morgan fingerprint density at radius 3 is 2.44 bits per heavy atom. The number of aldehydes is 1. The van der Waals surface area contributed by atoms with Gasteiger partial charge in [0.25, 0.3) is 0 Å². The van der Waals surface area contributed by atoms with Crippen molar-refractivity contribution in [3.05, 3.63) is 64.0 Å². The van der Waals surface area contributed by atoms with E-state index in [1.54, 1.807) is 12.4 Å². The van der Waals surface area contributed by atoms with E-state index >= 15 is 0 Å². The SMILES string of the molecule is Cc1cc(C)c(Cc2ccncc2C=O)c(C)c1. The Kier molecular flexibility index (Phi) is 3.56. The minimum absolute atomic E-state index is 0.678. The molecule has 0 aliphatic carbocycles. The Morgan fingerprint density at radius 2 is 1.83 bits per heavy atom. The number of aromatic nitrogens is 1. The normalized spacial score (nSPS) is 10.4. The molecule has 0 N–H and O–H groups in total. The van der Waals surface area contributed by atoms with Crippen molar-refractivity contribution in [2.75, 3.05) is 0 Å². The van der Waals surface area contributed by atoms with E-state index in [0.29, 0.717) is 5.56 Å². The summed E-state index contributed by atoms with van der Waals surface area (Å²) < 4.78 is 0. The van der Waals surface area contributed by atoms with Crippen molar-refractivity contribution in [1.82, 2.24) is 4.98 Å². The standard InChI is InChI=1S/C16H17NO/c1-11-6-12(2)16(13(3)7-11)8-14-4-5-17-9-15(14)10-18/h4-7,9-10H,8H2,1-3H3. The van der Waals surface area contributed by atoms with Gasteiger partial charge in [0.05, 0.1) is 0 Å². The summed E-state index contributed by atoms with van der Waals surface area (Å²) in [6.45, 7) is 6.35. The molecule has 92 valence electrons. The van der Waals surface area contributed by atoms with Crippen LogP contribution >= 0.6 is 0 Å². The molecule has 18 heavy (non-hydrogen) atoms. The number of nitrogens with zero attached hydrogens (tertiary/aromatic N) is 1. The molecule has 2 nitrogen and oxygen atoms in total. The number of carbonyl (C=O) groups excluding carboxylic acids is 1. The van der Waals surface area contributed by atoms with Crippen LogP contribution in [-0.4, -0.2) is 11.3 Å². The second kappa shape index (κ2) is 5.13. The van der Waals surface area contributed by atoms with Gasteiger partial charge in [-0.3, -0.25) is 9.78 Å². The number of benzene rings is 1. The first-order valence-electron chi connectivity index (χ1n) is 6.06. The molecule has 0 aliphatic heterocycles. The first kappa shape index (κ1) is 12.5. The Morgan fingerprint density at radius 1 is 1.17 bits per heavy atom. The lowest BCUT2D eigenvalue weighted by atomic mass is 9.93. The van der Waals surface area contributed by atoms with Crippen molar-refractivity contribution < 1.29 is 4.79 Å². The third-order valence-corrected chi connectivity index (χ3v) is 3.28. The van der Waals surface area contributed by atoms with Crippen molar-refractivity contribution in [3.63, 3.8) is 0 Å². The van der Waals surface area contributed by atoms with Gasteiger partial charge in [0.1, 0.15) is 0 Å². The fourth-order valence-electron chi connectivity index (χ4n) is 2.38. The number of carbonyl (C=O) groups is 1. The van der Waals surface area contributed by atoms with Crippen molar-refractivity contribution in [2.24, 2.45) is 0 Å². The van der Waals surface area contributed by atoms with Crippen LogP contribution in [0.1, 0.15) is 38.2 Å². The minimum atomic E-state index is 0.678. The molecule has 1 aromatic heterocycles. The fraction of sp³-hybridized carbons (Fsp3) is 0.250. The predicted molar refractivity (Wildman–Crippen MR) is 73.1 cm³/mol. The van der Waals surface area contributed by atoms with E-state index in [2.05, 4.69) is 37.9 Å². The zero-order valence-electron chi connectivity index (χ0n) is 11.0. The van der Waals surface area contributed by atoms with Gasteiger partial charge in [-0.15, -0.1) is 0 Å². The highest BCUT2D eigenvalue weighted by atomic mass is 16.1. The number of pyridine rings is 1. The summed E-state index contributed by atoms with van der Waals surface area (Å²) in [7, 11) is 0. The van der Waals surface area contributed by atoms with Crippen LogP contribution in [0.15, 0.2) is 30.6 Å². The van der Waals surface area contributed by atoms with Gasteiger partial charge < -0.3 is 0 Å². The van der Waals surface area contributed by atoms with E-state index in [4.69, 9.17) is 0 Å². The average Bonchev–Trinajstić information content (AvgIpc) is 2.34. The molecule has 2 aromatic rings. The van der Waals surface area contributed by atoms with Gasteiger partial charge in [-0.2, -0.15) is 0 Å². The molecule has 0 atom stereocenters. The molecule has 0 aliphatic rings. The smallest absolute Gasteiger partial charge is 0.151 e. The largest absolute Gasteiger partial charge is 0.298 e. The Balaban J connectivity index is 2.43. The van der Waals surface area contributed by atoms with Crippen molar-refractivity contribution in [3.8, 4) is 0 Å². The molecule has 1 aromatic carbocycles. The molecule has 0 saturated heterocycles. The highest BCUT2D eigenvalue weighted by molar-refractivity contribution is 5.76. The van der Waals surface area contributed by atoms with Crippen LogP contribution in [0.2, 0.25) is 0 Å². The fourth-order valence-corrected chi connectivity index (χ4v) is 2.38. The zero-order chi connectivity index (χ0) is 13.1. The van der Waals surface area contributed by atoms with Gasteiger partial charge in [-0.05, 0) is 55.5 Å². The van der Waals surface area contributed by atoms with Gasteiger partial charge in [0.15, 0.2) is 6.29 Å². The molecular formula is C16H17NO. The monoisotopic (exact) mass is 239 g/mol. The number of aryl methyl sites for hydroxylation is 3. The Labute approximate surface area is 108 Å². The highest BCUT2D eigenvalue weighted by Crippen LogP contribution is 2.21. The summed E-state index contributed by atoms with van der Waals surface area (Å²) in [4.78, 5) is 15.0. The maximum absolute atomic E-state index is 11.0. The maximum atomic E-state index is 11.0. The summed E-state index contributed by atoms with van der Waals surface area (Å²) >= 11 is 0. The van der Waals surface area contributed by atoms with Gasteiger partial charge in [-0.1, -0.05) is 17.7 Å². The van der Waals surface area contributed by atoms with E-state index in [0.717, 1.165) is 18.3 Å². The van der Waals surface area contributed by atoms with Crippen LogP contribution in [0.4, 0.5) is 0 Å². The van der Waals surface area contributed by atoms with Crippen LogP contribution in [0.25, 0.3) is 0 Å². The molecule has 2 heteroatoms. The van der Waals surface area contributed by atoms with Gasteiger partial charge in [0.2, 0.25) is 0 Å². The third kappa shape index (κ3) is 2.48. The van der Waals surface area contributed by atoms with E-state index in [1.165, 1.54) is 22.3 Å². The molecule has 0 radical (unpaired) electrons. The molecule has 0 amide bonds. The predicted octanol–water partition coefficient (Wildman–Crippen LogP) is 3.41. The average molecular weight is 239 g/mol. The lowest BCUT2D eigenvalue weighted by Crippen LogP contribution is -2.00. The van der Waals surface area contributed by atoms with E-state index in [-0.39, 0.29) is 0 Å². The van der Waals surface area contributed by atoms with Crippen molar-refractivity contribution in [2.45, 2.75) is 27.2 Å². The maximum Gasteiger partial charge on any atom is 0.151 e. The zero-order valence-corrected chi connectivity index (χ0v) is 11.0. The number of hydrogen-bond donors (Lipinski definition) is 0. The number of hydrogen-bond acceptors (Lipinski definition) is 2. The Bertz CT molecular complexity index is 564. The van der Waals surface area contributed by atoms with Gasteiger partial charge in [0, 0.05) is 18.0 Å². The molecule has 0 bridgehead atoms. The summed E-state index contributed by atoms with van der Waals surface area (Å²) in [5.74, 6) is 0. The third-order valence-electron chi connectivity index (χ3n) is 3.28. The minimum Gasteiger partial charge on any atom is -0.298 e. The molecule has 0 spiro atoms. The topological polar surface area (TPSA) is 30.0 Å². The second-order valence-corrected chi connectivity index (χ2v) is 4.75. The molecule has 1 heterocycles. The van der Waals surface area contributed by atoms with Crippen LogP contribution in [0, 0.1) is 20.8 Å². The first-order valence-corrected chi connectivity index (χ1v) is 6.06. The van der Waals surface area contributed by atoms with Crippen molar-refractivity contribution in [1.29, 1.82) is 0 Å². The van der Waals surface area contributed by atoms with Crippen molar-refractivity contribution >= 4 is 6.29 Å². The summed E-state index contributed by atoms with van der Waals surface area (Å²) in [6, 6.07) is 6.29.